The average Bonchev–Trinajstić information content (AvgIpc) is 3.29. The Balaban J connectivity index is 1.60. The van der Waals surface area contributed by atoms with Crippen molar-refractivity contribution in [2.24, 2.45) is 0 Å². The van der Waals surface area contributed by atoms with E-state index in [4.69, 9.17) is 23.4 Å². The zero-order valence-electron chi connectivity index (χ0n) is 42.8. The first kappa shape index (κ1) is 58.2. The summed E-state index contributed by atoms with van der Waals surface area (Å²) in [7, 11) is -1.77. The summed E-state index contributed by atoms with van der Waals surface area (Å²) in [5.74, 6) is -1.08. The largest absolute Gasteiger partial charge is 0.462 e. The molecule has 2 aromatic rings. The Kier molecular flexibility index (Phi) is 30.5. The van der Waals surface area contributed by atoms with Crippen LogP contribution in [0.15, 0.2) is 60.7 Å². The van der Waals surface area contributed by atoms with Gasteiger partial charge in [0.1, 0.15) is 24.4 Å². The summed E-state index contributed by atoms with van der Waals surface area (Å²) in [5, 5.41) is 14.8. The summed E-state index contributed by atoms with van der Waals surface area (Å²) in [6.07, 6.45) is 21.1. The number of aliphatic hydroxyl groups is 1. The molecule has 1 fully saturated rings. The second-order valence-corrected chi connectivity index (χ2v) is 22.7. The number of carbonyl (C=O) groups excluding carboxylic acids is 3. The molecule has 0 saturated carbocycles. The molecule has 1 saturated heterocycles. The molecular formula is C56H93NO9Si. The molecular weight excluding hydrogens is 859 g/mol. The van der Waals surface area contributed by atoms with Crippen LogP contribution in [0.1, 0.15) is 199 Å². The molecule has 1 aliphatic heterocycles. The van der Waals surface area contributed by atoms with E-state index in [9.17, 15) is 19.5 Å². The van der Waals surface area contributed by atoms with Gasteiger partial charge in [-0.3, -0.25) is 14.4 Å². The zero-order chi connectivity index (χ0) is 48.5. The van der Waals surface area contributed by atoms with Crippen LogP contribution in [0, 0.1) is 0 Å². The minimum Gasteiger partial charge on any atom is -0.462 e. The summed E-state index contributed by atoms with van der Waals surface area (Å²) in [6, 6.07) is 20.2. The summed E-state index contributed by atoms with van der Waals surface area (Å²) in [4.78, 5) is 40.9. The van der Waals surface area contributed by atoms with Crippen LogP contribution >= 0.6 is 0 Å². The van der Waals surface area contributed by atoms with Crippen molar-refractivity contribution in [2.45, 2.75) is 256 Å². The number of hydrogen-bond donors (Lipinski definition) is 2. The molecule has 0 aliphatic carbocycles. The first-order valence-electron chi connectivity index (χ1n) is 26.7. The van der Waals surface area contributed by atoms with Crippen molar-refractivity contribution in [3.63, 3.8) is 0 Å². The fraction of sp³-hybridized carbons (Fsp3) is 0.732. The van der Waals surface area contributed by atoms with Crippen molar-refractivity contribution in [2.75, 3.05) is 6.61 Å². The van der Waals surface area contributed by atoms with Crippen LogP contribution in [0.2, 0.25) is 13.1 Å². The maximum Gasteiger partial charge on any atom is 0.306 e. The van der Waals surface area contributed by atoms with Gasteiger partial charge in [-0.2, -0.15) is 0 Å². The van der Waals surface area contributed by atoms with E-state index in [0.717, 1.165) is 89.9 Å². The standard InChI is InChI=1S/C56H93NO9Si/c1-7-8-9-10-11-12-13-20-31-40-47(63-50(59)41-32-21-16-14-18-25-34-45-36-27-23-28-37-45)43-49(58)57-52-54(53(61)48(44-62-56(2,3)4)64-55(52)66-67(5)6)65-51(60)42-33-22-17-15-19-26-35-46-38-29-24-30-39-46/h23-24,27-30,36-39,47-48,52-55,61,67H,7-22,25-26,31-35,40-44H2,1-6H3,(H,57,58)/t47?,48-,52-,53-,54-,55?/m1/s1. The monoisotopic (exact) mass is 952 g/mol. The van der Waals surface area contributed by atoms with E-state index in [1.807, 2.05) is 39.9 Å². The molecule has 2 N–H and O–H groups in total. The van der Waals surface area contributed by atoms with Crippen LogP contribution in [0.4, 0.5) is 0 Å². The highest BCUT2D eigenvalue weighted by Crippen LogP contribution is 2.28. The van der Waals surface area contributed by atoms with E-state index in [-0.39, 0.29) is 31.3 Å². The number of aryl methyl sites for hydroxylation is 2. The summed E-state index contributed by atoms with van der Waals surface area (Å²) >= 11 is 0. The van der Waals surface area contributed by atoms with Crippen LogP contribution in [-0.4, -0.2) is 80.9 Å². The van der Waals surface area contributed by atoms with Crippen molar-refractivity contribution in [3.8, 4) is 0 Å². The van der Waals surface area contributed by atoms with Crippen molar-refractivity contribution in [1.82, 2.24) is 5.32 Å². The fourth-order valence-electron chi connectivity index (χ4n) is 8.76. The topological polar surface area (TPSA) is 130 Å². The average molecular weight is 952 g/mol. The first-order valence-corrected chi connectivity index (χ1v) is 29.5. The molecule has 67 heavy (non-hydrogen) atoms. The van der Waals surface area contributed by atoms with E-state index in [1.54, 1.807) is 0 Å². The fourth-order valence-corrected chi connectivity index (χ4v) is 9.53. The van der Waals surface area contributed by atoms with Crippen LogP contribution in [0.25, 0.3) is 0 Å². The number of amides is 1. The molecule has 0 aromatic heterocycles. The zero-order valence-corrected chi connectivity index (χ0v) is 44.0. The van der Waals surface area contributed by atoms with Gasteiger partial charge in [-0.15, -0.1) is 0 Å². The molecule has 0 radical (unpaired) electrons. The smallest absolute Gasteiger partial charge is 0.306 e. The van der Waals surface area contributed by atoms with Crippen LogP contribution in [0.3, 0.4) is 0 Å². The van der Waals surface area contributed by atoms with Gasteiger partial charge in [0, 0.05) is 12.8 Å². The van der Waals surface area contributed by atoms with Crippen molar-refractivity contribution in [1.29, 1.82) is 0 Å². The van der Waals surface area contributed by atoms with Gasteiger partial charge >= 0.3 is 11.9 Å². The minimum absolute atomic E-state index is 0.0498. The number of rotatable bonds is 37. The Morgan fingerprint density at radius 1 is 0.672 bits per heavy atom. The molecule has 0 bridgehead atoms. The molecule has 10 nitrogen and oxygen atoms in total. The predicted molar refractivity (Wildman–Crippen MR) is 273 cm³/mol. The maximum atomic E-state index is 14.1. The van der Waals surface area contributed by atoms with Gasteiger partial charge in [0.05, 0.1) is 18.6 Å². The highest BCUT2D eigenvalue weighted by Gasteiger charge is 2.49. The summed E-state index contributed by atoms with van der Waals surface area (Å²) in [5.41, 5.74) is 2.23. The highest BCUT2D eigenvalue weighted by molar-refractivity contribution is 6.48. The van der Waals surface area contributed by atoms with Gasteiger partial charge in [0.25, 0.3) is 0 Å². The summed E-state index contributed by atoms with van der Waals surface area (Å²) in [6.45, 7) is 12.1. The molecule has 380 valence electrons. The Labute approximate surface area is 408 Å². The molecule has 6 atom stereocenters. The minimum atomic E-state index is -1.77. The molecule has 0 spiro atoms. The first-order chi connectivity index (χ1) is 32.3. The number of aliphatic hydroxyl groups excluding tert-OH is 1. The van der Waals surface area contributed by atoms with Gasteiger partial charge in [0.15, 0.2) is 21.4 Å². The normalized spacial score (nSPS) is 19.0. The SMILES string of the molecule is CCCCCCCCCCCC(CC(=O)N[C@H]1C(O[SiH](C)C)O[C@H](COC(C)(C)C)[C@@H](O)[C@@H]1OC(=O)CCCCCCCCc1ccccc1)OC(=O)CCCCCCCCc1ccccc1. The van der Waals surface area contributed by atoms with Gasteiger partial charge in [0.2, 0.25) is 5.91 Å². The predicted octanol–water partition coefficient (Wildman–Crippen LogP) is 12.5. The third-order valence-corrected chi connectivity index (χ3v) is 13.4. The van der Waals surface area contributed by atoms with E-state index in [1.165, 1.54) is 62.5 Å². The Bertz CT molecular complexity index is 1570. The van der Waals surface area contributed by atoms with Gasteiger partial charge in [-0.1, -0.05) is 170 Å². The Morgan fingerprint density at radius 3 is 1.66 bits per heavy atom. The maximum absolute atomic E-state index is 14.1. The van der Waals surface area contributed by atoms with E-state index < -0.39 is 57.4 Å². The molecule has 3 rings (SSSR count). The molecule has 2 unspecified atom stereocenters. The van der Waals surface area contributed by atoms with Crippen LogP contribution < -0.4 is 5.32 Å². The Morgan fingerprint density at radius 2 is 1.15 bits per heavy atom. The number of unbranched alkanes of at least 4 members (excludes halogenated alkanes) is 18. The number of carbonyl (C=O) groups is 3. The number of esters is 2. The quantitative estimate of drug-likeness (QED) is 0.0386. The third kappa shape index (κ3) is 27.6. The van der Waals surface area contributed by atoms with Gasteiger partial charge in [-0.25, -0.2) is 0 Å². The Hall–Kier alpha value is -3.09. The summed E-state index contributed by atoms with van der Waals surface area (Å²) < 4.78 is 30.9. The molecule has 1 aliphatic rings. The molecule has 2 aromatic carbocycles. The van der Waals surface area contributed by atoms with Crippen molar-refractivity contribution >= 4 is 26.9 Å². The number of hydrogen-bond acceptors (Lipinski definition) is 9. The third-order valence-electron chi connectivity index (χ3n) is 12.6. The lowest BCUT2D eigenvalue weighted by Crippen LogP contribution is -2.66. The number of benzene rings is 2. The van der Waals surface area contributed by atoms with Crippen LogP contribution in [-0.2, 0) is 50.6 Å². The van der Waals surface area contributed by atoms with Crippen molar-refractivity contribution in [3.05, 3.63) is 71.8 Å². The number of nitrogens with one attached hydrogen (secondary N) is 1. The van der Waals surface area contributed by atoms with E-state index in [2.05, 4.69) is 66.8 Å². The molecule has 1 heterocycles. The number of ether oxygens (including phenoxy) is 4. The van der Waals surface area contributed by atoms with E-state index in [0.29, 0.717) is 19.3 Å². The second-order valence-electron chi connectivity index (χ2n) is 20.3. The van der Waals surface area contributed by atoms with Crippen LogP contribution in [0.5, 0.6) is 0 Å². The van der Waals surface area contributed by atoms with Gasteiger partial charge in [-0.05, 0) is 96.4 Å². The lowest BCUT2D eigenvalue weighted by molar-refractivity contribution is -0.259. The van der Waals surface area contributed by atoms with Crippen molar-refractivity contribution < 1.29 is 42.9 Å². The lowest BCUT2D eigenvalue weighted by Gasteiger charge is -2.45. The second kappa shape index (κ2) is 35.1. The van der Waals surface area contributed by atoms with Gasteiger partial charge < -0.3 is 33.8 Å². The lowest BCUT2D eigenvalue weighted by atomic mass is 9.96. The highest BCUT2D eigenvalue weighted by atomic mass is 28.3. The van der Waals surface area contributed by atoms with E-state index >= 15 is 0 Å². The molecule has 1 amide bonds. The molecule has 11 heteroatoms.